The van der Waals surface area contributed by atoms with Crippen LogP contribution in [0.3, 0.4) is 0 Å². The molecule has 1 aliphatic rings. The van der Waals surface area contributed by atoms with Gasteiger partial charge in [-0.05, 0) is 5.56 Å². The molecule has 13 heteroatoms. The second-order valence-corrected chi connectivity index (χ2v) is 9.69. The zero-order valence-corrected chi connectivity index (χ0v) is 24.4. The molecule has 1 fully saturated rings. The Kier molecular flexibility index (Phi) is 12.7. The van der Waals surface area contributed by atoms with Gasteiger partial charge in [0.15, 0.2) is 17.8 Å². The van der Waals surface area contributed by atoms with E-state index in [1.54, 1.807) is 12.2 Å². The molecule has 0 bridgehead atoms. The molecule has 1 saturated heterocycles. The SMILES string of the molecule is COC(=O)[C@@]1(C/C=C/c2ccccc2)C[C@H](OC(C)=O)[C@@H](NC(C)=O)[C@H]([C@H](OC(C)=O)[C@@H](COC(C)=O)OC(C)=O)O1. The van der Waals surface area contributed by atoms with Gasteiger partial charge in [-0.25, -0.2) is 4.79 Å². The number of esters is 5. The van der Waals surface area contributed by atoms with Gasteiger partial charge < -0.3 is 33.7 Å². The summed E-state index contributed by atoms with van der Waals surface area (Å²) in [6, 6.07) is 7.99. The fourth-order valence-electron chi connectivity index (χ4n) is 4.69. The Balaban J connectivity index is 2.71. The standard InChI is InChI=1S/C29H37NO12/c1-17(31)30-25-23(39-19(3)33)15-29(28(36)37-6,14-10-13-22-11-8-7-9-12-22)42-27(25)26(41-21(5)35)24(40-20(4)34)16-38-18(2)32/h7-13,23-27H,14-16H2,1-6H3,(H,30,31)/b13-10+/t23-,24+,25+,26+,27+,29+/m0/s1. The first-order chi connectivity index (χ1) is 19.8. The van der Waals surface area contributed by atoms with Crippen LogP contribution in [0.1, 0.15) is 53.0 Å². The smallest absolute Gasteiger partial charge is 0.338 e. The highest BCUT2D eigenvalue weighted by Crippen LogP contribution is 2.38. The molecule has 1 heterocycles. The van der Waals surface area contributed by atoms with Crippen molar-refractivity contribution < 1.29 is 57.2 Å². The summed E-state index contributed by atoms with van der Waals surface area (Å²) in [4.78, 5) is 73.8. The zero-order valence-electron chi connectivity index (χ0n) is 24.4. The number of hydrogen-bond acceptors (Lipinski definition) is 12. The number of rotatable bonds is 12. The molecule has 0 unspecified atom stereocenters. The van der Waals surface area contributed by atoms with E-state index >= 15 is 0 Å². The summed E-state index contributed by atoms with van der Waals surface area (Å²) in [6.07, 6.45) is -2.60. The summed E-state index contributed by atoms with van der Waals surface area (Å²) in [7, 11) is 1.15. The second kappa shape index (κ2) is 15.7. The van der Waals surface area contributed by atoms with Gasteiger partial charge in [0.05, 0.1) is 13.2 Å². The van der Waals surface area contributed by atoms with Crippen LogP contribution in [0.15, 0.2) is 36.4 Å². The Hall–Kier alpha value is -4.26. The largest absolute Gasteiger partial charge is 0.467 e. The summed E-state index contributed by atoms with van der Waals surface area (Å²) >= 11 is 0. The number of ether oxygens (including phenoxy) is 6. The molecule has 13 nitrogen and oxygen atoms in total. The van der Waals surface area contributed by atoms with E-state index in [2.05, 4.69) is 5.32 Å². The zero-order chi connectivity index (χ0) is 31.4. The van der Waals surface area contributed by atoms with Crippen LogP contribution in [0.2, 0.25) is 0 Å². The molecule has 2 rings (SSSR count). The fraction of sp³-hybridized carbons (Fsp3) is 0.517. The number of benzene rings is 1. The number of hydrogen-bond donors (Lipinski definition) is 1. The Bertz CT molecular complexity index is 1170. The highest BCUT2D eigenvalue weighted by atomic mass is 16.6. The maximum absolute atomic E-state index is 13.4. The topological polar surface area (TPSA) is 170 Å². The molecule has 42 heavy (non-hydrogen) atoms. The summed E-state index contributed by atoms with van der Waals surface area (Å²) in [5, 5.41) is 2.64. The molecule has 1 N–H and O–H groups in total. The molecule has 6 atom stereocenters. The number of methoxy groups -OCH3 is 1. The highest BCUT2D eigenvalue weighted by Gasteiger charge is 2.57. The van der Waals surface area contributed by atoms with Gasteiger partial charge in [0, 0.05) is 47.5 Å². The van der Waals surface area contributed by atoms with Crippen LogP contribution >= 0.6 is 0 Å². The Morgan fingerprint density at radius 3 is 2.12 bits per heavy atom. The molecular weight excluding hydrogens is 554 g/mol. The number of carbonyl (C=O) groups excluding carboxylic acids is 6. The first-order valence-corrected chi connectivity index (χ1v) is 13.2. The van der Waals surface area contributed by atoms with E-state index in [0.717, 1.165) is 40.4 Å². The third-order valence-corrected chi connectivity index (χ3v) is 6.21. The van der Waals surface area contributed by atoms with Crippen molar-refractivity contribution in [2.75, 3.05) is 13.7 Å². The predicted molar refractivity (Wildman–Crippen MR) is 145 cm³/mol. The van der Waals surface area contributed by atoms with Gasteiger partial charge in [-0.3, -0.25) is 24.0 Å². The van der Waals surface area contributed by atoms with Gasteiger partial charge in [-0.1, -0.05) is 42.5 Å². The third-order valence-electron chi connectivity index (χ3n) is 6.21. The minimum Gasteiger partial charge on any atom is -0.467 e. The predicted octanol–water partition coefficient (Wildman–Crippen LogP) is 1.65. The van der Waals surface area contributed by atoms with Gasteiger partial charge in [0.2, 0.25) is 5.91 Å². The lowest BCUT2D eigenvalue weighted by Gasteiger charge is -2.49. The van der Waals surface area contributed by atoms with Crippen LogP contribution in [0.4, 0.5) is 0 Å². The van der Waals surface area contributed by atoms with Gasteiger partial charge in [0.1, 0.15) is 18.8 Å². The van der Waals surface area contributed by atoms with Crippen molar-refractivity contribution in [2.24, 2.45) is 0 Å². The quantitative estimate of drug-likeness (QED) is 0.276. The van der Waals surface area contributed by atoms with E-state index in [1.807, 2.05) is 30.3 Å². The average Bonchev–Trinajstić information content (AvgIpc) is 2.90. The summed E-state index contributed by atoms with van der Waals surface area (Å²) in [5.41, 5.74) is -0.993. The number of amides is 1. The molecule has 1 aliphatic heterocycles. The highest BCUT2D eigenvalue weighted by molar-refractivity contribution is 5.81. The lowest BCUT2D eigenvalue weighted by Crippen LogP contribution is -2.68. The number of carbonyl (C=O) groups is 6. The molecule has 1 aromatic carbocycles. The summed E-state index contributed by atoms with van der Waals surface area (Å²) in [6.45, 7) is 5.09. The third kappa shape index (κ3) is 9.98. The van der Waals surface area contributed by atoms with E-state index in [-0.39, 0.29) is 12.8 Å². The van der Waals surface area contributed by atoms with E-state index in [0.29, 0.717) is 0 Å². The van der Waals surface area contributed by atoms with Gasteiger partial charge in [0.25, 0.3) is 0 Å². The second-order valence-electron chi connectivity index (χ2n) is 9.69. The summed E-state index contributed by atoms with van der Waals surface area (Å²) < 4.78 is 33.0. The molecule has 0 aliphatic carbocycles. The average molecular weight is 592 g/mol. The van der Waals surface area contributed by atoms with Gasteiger partial charge in [-0.2, -0.15) is 0 Å². The Morgan fingerprint density at radius 2 is 1.60 bits per heavy atom. The minimum absolute atomic E-state index is 0.0927. The van der Waals surface area contributed by atoms with Crippen LogP contribution in [0.5, 0.6) is 0 Å². The normalized spacial score (nSPS) is 23.1. The lowest BCUT2D eigenvalue weighted by atomic mass is 9.81. The molecule has 1 aromatic rings. The van der Waals surface area contributed by atoms with E-state index in [1.165, 1.54) is 6.92 Å². The van der Waals surface area contributed by atoms with Crippen molar-refractivity contribution in [1.29, 1.82) is 0 Å². The molecule has 230 valence electrons. The van der Waals surface area contributed by atoms with Crippen LogP contribution < -0.4 is 5.32 Å². The van der Waals surface area contributed by atoms with E-state index in [4.69, 9.17) is 28.4 Å². The molecule has 0 spiro atoms. The lowest BCUT2D eigenvalue weighted by molar-refractivity contribution is -0.241. The van der Waals surface area contributed by atoms with Crippen molar-refractivity contribution in [1.82, 2.24) is 5.32 Å². The van der Waals surface area contributed by atoms with Crippen molar-refractivity contribution in [3.63, 3.8) is 0 Å². The summed E-state index contributed by atoms with van der Waals surface area (Å²) in [5.74, 6) is -4.50. The van der Waals surface area contributed by atoms with Crippen molar-refractivity contribution in [2.45, 2.75) is 83.5 Å². The van der Waals surface area contributed by atoms with Gasteiger partial charge >= 0.3 is 29.8 Å². The Labute approximate surface area is 243 Å². The minimum atomic E-state index is -1.82. The van der Waals surface area contributed by atoms with Crippen molar-refractivity contribution >= 4 is 41.8 Å². The van der Waals surface area contributed by atoms with E-state index in [9.17, 15) is 28.8 Å². The van der Waals surface area contributed by atoms with Crippen LogP contribution in [0.25, 0.3) is 6.08 Å². The maximum atomic E-state index is 13.4. The first kappa shape index (κ1) is 33.9. The molecule has 0 radical (unpaired) electrons. The van der Waals surface area contributed by atoms with E-state index < -0.39 is 78.4 Å². The van der Waals surface area contributed by atoms with Crippen LogP contribution in [0, 0.1) is 0 Å². The van der Waals surface area contributed by atoms with Gasteiger partial charge in [-0.15, -0.1) is 0 Å². The molecule has 1 amide bonds. The number of nitrogens with one attached hydrogen (secondary N) is 1. The fourth-order valence-corrected chi connectivity index (χ4v) is 4.69. The molecule has 0 aromatic heterocycles. The van der Waals surface area contributed by atoms with Crippen molar-refractivity contribution in [3.05, 3.63) is 42.0 Å². The Morgan fingerprint density at radius 1 is 0.952 bits per heavy atom. The van der Waals surface area contributed by atoms with Crippen LogP contribution in [-0.4, -0.2) is 85.5 Å². The van der Waals surface area contributed by atoms with Crippen molar-refractivity contribution in [3.8, 4) is 0 Å². The molecular formula is C29H37NO12. The maximum Gasteiger partial charge on any atom is 0.338 e. The monoisotopic (exact) mass is 591 g/mol. The van der Waals surface area contributed by atoms with Crippen LogP contribution in [-0.2, 0) is 57.2 Å². The molecule has 0 saturated carbocycles. The first-order valence-electron chi connectivity index (χ1n) is 13.2.